The zero-order chi connectivity index (χ0) is 13.2. The Labute approximate surface area is 113 Å². The maximum Gasteiger partial charge on any atom is 0.124 e. The van der Waals surface area contributed by atoms with E-state index >= 15 is 0 Å². The predicted octanol–water partition coefficient (Wildman–Crippen LogP) is 2.66. The molecule has 1 aromatic carbocycles. The van der Waals surface area contributed by atoms with Crippen molar-refractivity contribution in [3.05, 3.63) is 48.0 Å². The zero-order valence-electron chi connectivity index (χ0n) is 11.1. The topological polar surface area (TPSA) is 53.1 Å². The van der Waals surface area contributed by atoms with Crippen LogP contribution in [0.1, 0.15) is 43.1 Å². The van der Waals surface area contributed by atoms with Gasteiger partial charge in [0, 0.05) is 24.2 Å². The van der Waals surface area contributed by atoms with Crippen molar-refractivity contribution < 1.29 is 4.74 Å². The van der Waals surface area contributed by atoms with Gasteiger partial charge in [0.15, 0.2) is 0 Å². The molecule has 1 aromatic heterocycles. The maximum absolute atomic E-state index is 6.17. The van der Waals surface area contributed by atoms with E-state index in [0.717, 1.165) is 30.9 Å². The normalized spacial score (nSPS) is 19.6. The molecule has 100 valence electrons. The number of imidazole rings is 1. The maximum atomic E-state index is 6.17. The highest BCUT2D eigenvalue weighted by molar-refractivity contribution is 5.38. The number of aromatic nitrogens is 2. The first-order chi connectivity index (χ1) is 9.31. The van der Waals surface area contributed by atoms with Gasteiger partial charge in [-0.15, -0.1) is 0 Å². The fourth-order valence-corrected chi connectivity index (χ4v) is 2.68. The second-order valence-electron chi connectivity index (χ2n) is 4.93. The Morgan fingerprint density at radius 2 is 2.32 bits per heavy atom. The summed E-state index contributed by atoms with van der Waals surface area (Å²) >= 11 is 0. The van der Waals surface area contributed by atoms with Crippen molar-refractivity contribution in [2.75, 3.05) is 6.61 Å². The highest BCUT2D eigenvalue weighted by Crippen LogP contribution is 2.35. The van der Waals surface area contributed by atoms with Crippen LogP contribution in [-0.2, 0) is 0 Å². The van der Waals surface area contributed by atoms with Gasteiger partial charge < -0.3 is 15.0 Å². The minimum Gasteiger partial charge on any atom is -0.493 e. The SMILES string of the molecule is CC[C@@H](N)c1cncn1C1CCOc2ccccc21. The minimum atomic E-state index is 0.0394. The Morgan fingerprint density at radius 1 is 1.47 bits per heavy atom. The summed E-state index contributed by atoms with van der Waals surface area (Å²) in [6, 6.07) is 8.53. The van der Waals surface area contributed by atoms with Crippen molar-refractivity contribution in [2.24, 2.45) is 5.73 Å². The summed E-state index contributed by atoms with van der Waals surface area (Å²) in [5.41, 5.74) is 8.49. The molecular formula is C15H19N3O. The molecule has 4 nitrogen and oxygen atoms in total. The molecule has 0 saturated heterocycles. The predicted molar refractivity (Wildman–Crippen MR) is 74.1 cm³/mol. The summed E-state index contributed by atoms with van der Waals surface area (Å²) in [5, 5.41) is 0. The molecule has 0 aliphatic carbocycles. The average molecular weight is 257 g/mol. The lowest BCUT2D eigenvalue weighted by Gasteiger charge is -2.29. The van der Waals surface area contributed by atoms with Crippen LogP contribution in [0.25, 0.3) is 0 Å². The zero-order valence-corrected chi connectivity index (χ0v) is 11.1. The van der Waals surface area contributed by atoms with Gasteiger partial charge in [-0.2, -0.15) is 0 Å². The summed E-state index contributed by atoms with van der Waals surface area (Å²) in [6.07, 6.45) is 5.64. The largest absolute Gasteiger partial charge is 0.493 e. The Balaban J connectivity index is 2.02. The molecule has 0 saturated carbocycles. The van der Waals surface area contributed by atoms with E-state index in [1.54, 1.807) is 0 Å². The molecule has 3 rings (SSSR count). The number of nitrogens with two attached hydrogens (primary N) is 1. The number of benzene rings is 1. The van der Waals surface area contributed by atoms with Crippen LogP contribution in [-0.4, -0.2) is 16.2 Å². The average Bonchev–Trinajstić information content (AvgIpc) is 2.95. The summed E-state index contributed by atoms with van der Waals surface area (Å²) in [4.78, 5) is 4.28. The summed E-state index contributed by atoms with van der Waals surface area (Å²) < 4.78 is 7.92. The molecule has 19 heavy (non-hydrogen) atoms. The first-order valence-corrected chi connectivity index (χ1v) is 6.80. The number of ether oxygens (including phenoxy) is 1. The highest BCUT2D eigenvalue weighted by Gasteiger charge is 2.25. The molecule has 2 aromatic rings. The van der Waals surface area contributed by atoms with E-state index in [2.05, 4.69) is 28.6 Å². The van der Waals surface area contributed by atoms with Gasteiger partial charge in [-0.25, -0.2) is 4.98 Å². The van der Waals surface area contributed by atoms with E-state index in [1.165, 1.54) is 5.56 Å². The van der Waals surface area contributed by atoms with Crippen molar-refractivity contribution in [1.29, 1.82) is 0 Å². The van der Waals surface area contributed by atoms with E-state index in [0.29, 0.717) is 0 Å². The fourth-order valence-electron chi connectivity index (χ4n) is 2.68. The third-order valence-electron chi connectivity index (χ3n) is 3.78. The van der Waals surface area contributed by atoms with Crippen molar-refractivity contribution in [3.63, 3.8) is 0 Å². The monoisotopic (exact) mass is 257 g/mol. The second-order valence-corrected chi connectivity index (χ2v) is 4.93. The summed E-state index contributed by atoms with van der Waals surface area (Å²) in [5.74, 6) is 0.975. The van der Waals surface area contributed by atoms with Crippen LogP contribution in [0, 0.1) is 0 Å². The molecule has 2 heterocycles. The molecule has 0 radical (unpaired) electrons. The summed E-state index contributed by atoms with van der Waals surface area (Å²) in [6.45, 7) is 2.83. The first kappa shape index (κ1) is 12.2. The van der Waals surface area contributed by atoms with Crippen molar-refractivity contribution in [3.8, 4) is 5.75 Å². The smallest absolute Gasteiger partial charge is 0.124 e. The molecular weight excluding hydrogens is 238 g/mol. The van der Waals surface area contributed by atoms with Gasteiger partial charge in [-0.1, -0.05) is 25.1 Å². The molecule has 2 N–H and O–H groups in total. The molecule has 0 amide bonds. The van der Waals surface area contributed by atoms with Gasteiger partial charge in [0.2, 0.25) is 0 Å². The molecule has 2 atom stereocenters. The van der Waals surface area contributed by atoms with Gasteiger partial charge in [0.25, 0.3) is 0 Å². The third-order valence-corrected chi connectivity index (χ3v) is 3.78. The number of hydrogen-bond donors (Lipinski definition) is 1. The van der Waals surface area contributed by atoms with Gasteiger partial charge in [-0.05, 0) is 12.5 Å². The highest BCUT2D eigenvalue weighted by atomic mass is 16.5. The van der Waals surface area contributed by atoms with Crippen LogP contribution in [0.3, 0.4) is 0 Å². The van der Waals surface area contributed by atoms with E-state index < -0.39 is 0 Å². The van der Waals surface area contributed by atoms with Crippen LogP contribution in [0.4, 0.5) is 0 Å². The number of nitrogens with zero attached hydrogens (tertiary/aromatic N) is 2. The van der Waals surface area contributed by atoms with Gasteiger partial charge in [0.05, 0.1) is 24.7 Å². The fraction of sp³-hybridized carbons (Fsp3) is 0.400. The molecule has 1 aliphatic heterocycles. The number of para-hydroxylation sites is 1. The van der Waals surface area contributed by atoms with Crippen molar-refractivity contribution in [2.45, 2.75) is 31.8 Å². The van der Waals surface area contributed by atoms with E-state index in [-0.39, 0.29) is 12.1 Å². The van der Waals surface area contributed by atoms with Crippen LogP contribution < -0.4 is 10.5 Å². The number of rotatable bonds is 3. The lowest BCUT2D eigenvalue weighted by Crippen LogP contribution is -2.23. The van der Waals surface area contributed by atoms with Gasteiger partial charge >= 0.3 is 0 Å². The third kappa shape index (κ3) is 2.12. The van der Waals surface area contributed by atoms with Crippen molar-refractivity contribution >= 4 is 0 Å². The molecule has 0 bridgehead atoms. The quantitative estimate of drug-likeness (QED) is 0.919. The Kier molecular flexibility index (Phi) is 3.25. The van der Waals surface area contributed by atoms with Gasteiger partial charge in [-0.3, -0.25) is 0 Å². The van der Waals surface area contributed by atoms with Gasteiger partial charge in [0.1, 0.15) is 5.75 Å². The second kappa shape index (κ2) is 5.05. The molecule has 1 unspecified atom stereocenters. The molecule has 4 heteroatoms. The minimum absolute atomic E-state index is 0.0394. The van der Waals surface area contributed by atoms with Crippen LogP contribution in [0.2, 0.25) is 0 Å². The Hall–Kier alpha value is -1.81. The lowest BCUT2D eigenvalue weighted by molar-refractivity contribution is 0.254. The van der Waals surface area contributed by atoms with Crippen LogP contribution in [0.5, 0.6) is 5.75 Å². The number of hydrogen-bond acceptors (Lipinski definition) is 3. The first-order valence-electron chi connectivity index (χ1n) is 6.80. The Morgan fingerprint density at radius 3 is 3.16 bits per heavy atom. The molecule has 0 fully saturated rings. The number of fused-ring (bicyclic) bond motifs is 1. The van der Waals surface area contributed by atoms with Crippen molar-refractivity contribution in [1.82, 2.24) is 9.55 Å². The summed E-state index contributed by atoms with van der Waals surface area (Å²) in [7, 11) is 0. The van der Waals surface area contributed by atoms with E-state index in [1.807, 2.05) is 24.7 Å². The van der Waals surface area contributed by atoms with E-state index in [4.69, 9.17) is 10.5 Å². The lowest BCUT2D eigenvalue weighted by atomic mass is 9.99. The van der Waals surface area contributed by atoms with Crippen LogP contribution in [0.15, 0.2) is 36.8 Å². The Bertz CT molecular complexity index is 564. The molecule has 1 aliphatic rings. The van der Waals surface area contributed by atoms with E-state index in [9.17, 15) is 0 Å². The van der Waals surface area contributed by atoms with Crippen LogP contribution >= 0.6 is 0 Å². The molecule has 0 spiro atoms. The standard InChI is InChI=1S/C15H19N3O/c1-2-12(16)14-9-17-10-18(14)13-7-8-19-15-6-4-3-5-11(13)15/h3-6,9-10,12-13H,2,7-8,16H2,1H3/t12-,13?/m1/s1.